The third-order valence-electron chi connectivity index (χ3n) is 2.11. The molecular weight excluding hydrogens is 218 g/mol. The molecule has 0 saturated heterocycles. The van der Waals surface area contributed by atoms with E-state index in [1.807, 2.05) is 0 Å². The fraction of sp³-hybridized carbons (Fsp3) is 0.400. The van der Waals surface area contributed by atoms with Crippen LogP contribution in [0.5, 0.6) is 11.5 Å². The van der Waals surface area contributed by atoms with Crippen LogP contribution >= 0.6 is 11.6 Å². The molecule has 0 spiro atoms. The summed E-state index contributed by atoms with van der Waals surface area (Å²) in [6.45, 7) is -0.171. The minimum Gasteiger partial charge on any atom is -0.493 e. The molecule has 0 aliphatic heterocycles. The van der Waals surface area contributed by atoms with Gasteiger partial charge < -0.3 is 20.3 Å². The van der Waals surface area contributed by atoms with E-state index in [0.717, 1.165) is 0 Å². The first kappa shape index (κ1) is 12.1. The Bertz CT molecular complexity index is 344. The van der Waals surface area contributed by atoms with Crippen LogP contribution in [0.25, 0.3) is 0 Å². The number of hydrogen-bond donors (Lipinski definition) is 2. The highest BCUT2D eigenvalue weighted by atomic mass is 35.5. The van der Waals surface area contributed by atoms with Crippen molar-refractivity contribution in [1.29, 1.82) is 0 Å². The molecule has 1 rings (SSSR count). The Morgan fingerprint density at radius 2 is 2.07 bits per heavy atom. The molecule has 0 aliphatic carbocycles. The van der Waals surface area contributed by atoms with Crippen molar-refractivity contribution in [2.24, 2.45) is 5.73 Å². The predicted octanol–water partition coefficient (Wildman–Crippen LogP) is 1.35. The van der Waals surface area contributed by atoms with Crippen molar-refractivity contribution in [1.82, 2.24) is 0 Å². The van der Waals surface area contributed by atoms with Gasteiger partial charge in [0, 0.05) is 0 Å². The molecule has 0 amide bonds. The maximum absolute atomic E-state index is 8.95. The fourth-order valence-electron chi connectivity index (χ4n) is 1.29. The number of halogens is 1. The molecule has 15 heavy (non-hydrogen) atoms. The van der Waals surface area contributed by atoms with Gasteiger partial charge in [-0.15, -0.1) is 0 Å². The Labute approximate surface area is 93.6 Å². The van der Waals surface area contributed by atoms with Gasteiger partial charge in [0.25, 0.3) is 0 Å². The van der Waals surface area contributed by atoms with Gasteiger partial charge in [0.15, 0.2) is 11.5 Å². The Morgan fingerprint density at radius 3 is 2.53 bits per heavy atom. The normalized spacial score (nSPS) is 12.3. The number of methoxy groups -OCH3 is 2. The zero-order valence-corrected chi connectivity index (χ0v) is 9.41. The van der Waals surface area contributed by atoms with Crippen LogP contribution < -0.4 is 15.2 Å². The van der Waals surface area contributed by atoms with Gasteiger partial charge in [-0.1, -0.05) is 17.7 Å². The first-order valence-electron chi connectivity index (χ1n) is 4.42. The molecule has 0 unspecified atom stereocenters. The molecule has 5 heteroatoms. The molecule has 0 fully saturated rings. The van der Waals surface area contributed by atoms with Crippen LogP contribution in [0.15, 0.2) is 12.1 Å². The summed E-state index contributed by atoms with van der Waals surface area (Å²) < 4.78 is 10.2. The molecule has 0 heterocycles. The molecule has 0 aliphatic rings. The maximum atomic E-state index is 8.95. The minimum atomic E-state index is -0.516. The SMILES string of the molecule is COc1ccc([C@H](N)CO)c(Cl)c1OC. The van der Waals surface area contributed by atoms with Crippen LogP contribution in [-0.4, -0.2) is 25.9 Å². The molecule has 0 saturated carbocycles. The molecule has 1 atom stereocenters. The number of nitrogens with two attached hydrogens (primary N) is 1. The van der Waals surface area contributed by atoms with Crippen molar-refractivity contribution in [3.63, 3.8) is 0 Å². The monoisotopic (exact) mass is 231 g/mol. The largest absolute Gasteiger partial charge is 0.493 e. The number of ether oxygens (including phenoxy) is 2. The Hall–Kier alpha value is -0.970. The van der Waals surface area contributed by atoms with Crippen LogP contribution in [0.4, 0.5) is 0 Å². The quantitative estimate of drug-likeness (QED) is 0.821. The lowest BCUT2D eigenvalue weighted by Crippen LogP contribution is -2.15. The molecule has 0 bridgehead atoms. The van der Waals surface area contributed by atoms with Gasteiger partial charge >= 0.3 is 0 Å². The highest BCUT2D eigenvalue weighted by Gasteiger charge is 2.16. The summed E-state index contributed by atoms with van der Waals surface area (Å²) in [5.41, 5.74) is 6.32. The lowest BCUT2D eigenvalue weighted by molar-refractivity contribution is 0.267. The molecule has 3 N–H and O–H groups in total. The highest BCUT2D eigenvalue weighted by molar-refractivity contribution is 6.33. The van der Waals surface area contributed by atoms with Crippen LogP contribution in [0.1, 0.15) is 11.6 Å². The van der Waals surface area contributed by atoms with E-state index in [1.165, 1.54) is 14.2 Å². The second kappa shape index (κ2) is 5.21. The summed E-state index contributed by atoms with van der Waals surface area (Å²) in [4.78, 5) is 0. The van der Waals surface area contributed by atoms with Gasteiger partial charge in [0.2, 0.25) is 0 Å². The molecule has 1 aromatic rings. The average Bonchev–Trinajstić information content (AvgIpc) is 2.27. The van der Waals surface area contributed by atoms with E-state index in [-0.39, 0.29) is 6.61 Å². The van der Waals surface area contributed by atoms with Crippen molar-refractivity contribution in [2.45, 2.75) is 6.04 Å². The number of rotatable bonds is 4. The van der Waals surface area contributed by atoms with E-state index < -0.39 is 6.04 Å². The molecule has 4 nitrogen and oxygen atoms in total. The fourth-order valence-corrected chi connectivity index (χ4v) is 1.66. The molecular formula is C10H14ClNO3. The minimum absolute atomic E-state index is 0.171. The van der Waals surface area contributed by atoms with Crippen LogP contribution in [0.2, 0.25) is 5.02 Å². The number of aliphatic hydroxyl groups is 1. The van der Waals surface area contributed by atoms with E-state index in [0.29, 0.717) is 22.1 Å². The topological polar surface area (TPSA) is 64.7 Å². The van der Waals surface area contributed by atoms with Gasteiger partial charge in [-0.25, -0.2) is 0 Å². The summed E-state index contributed by atoms with van der Waals surface area (Å²) >= 11 is 6.07. The van der Waals surface area contributed by atoms with Gasteiger partial charge in [-0.3, -0.25) is 0 Å². The summed E-state index contributed by atoms with van der Waals surface area (Å²) in [7, 11) is 3.03. The summed E-state index contributed by atoms with van der Waals surface area (Å²) in [6, 6.07) is 2.90. The summed E-state index contributed by atoms with van der Waals surface area (Å²) in [5, 5.41) is 9.32. The van der Waals surface area contributed by atoms with E-state index in [1.54, 1.807) is 12.1 Å². The lowest BCUT2D eigenvalue weighted by atomic mass is 10.1. The smallest absolute Gasteiger partial charge is 0.179 e. The van der Waals surface area contributed by atoms with Crippen LogP contribution in [0.3, 0.4) is 0 Å². The van der Waals surface area contributed by atoms with Crippen molar-refractivity contribution in [2.75, 3.05) is 20.8 Å². The van der Waals surface area contributed by atoms with E-state index in [4.69, 9.17) is 31.9 Å². The van der Waals surface area contributed by atoms with Gasteiger partial charge in [-0.05, 0) is 11.6 Å². The zero-order chi connectivity index (χ0) is 11.4. The zero-order valence-electron chi connectivity index (χ0n) is 8.66. The average molecular weight is 232 g/mol. The molecule has 84 valence electrons. The van der Waals surface area contributed by atoms with Crippen LogP contribution in [-0.2, 0) is 0 Å². The molecule has 1 aromatic carbocycles. The van der Waals surface area contributed by atoms with Gasteiger partial charge in [-0.2, -0.15) is 0 Å². The summed E-state index contributed by atoms with van der Waals surface area (Å²) in [6.07, 6.45) is 0. The standard InChI is InChI=1S/C10H14ClNO3/c1-14-8-4-3-6(7(12)5-13)9(11)10(8)15-2/h3-4,7,13H,5,12H2,1-2H3/t7-/m1/s1. The Balaban J connectivity index is 3.22. The predicted molar refractivity (Wildman–Crippen MR) is 58.6 cm³/mol. The van der Waals surface area contributed by atoms with Crippen molar-refractivity contribution < 1.29 is 14.6 Å². The van der Waals surface area contributed by atoms with Crippen LogP contribution in [0, 0.1) is 0 Å². The number of benzene rings is 1. The second-order valence-corrected chi connectivity index (χ2v) is 3.37. The lowest BCUT2D eigenvalue weighted by Gasteiger charge is -2.15. The molecule has 0 radical (unpaired) electrons. The second-order valence-electron chi connectivity index (χ2n) is 2.99. The van der Waals surface area contributed by atoms with E-state index in [2.05, 4.69) is 0 Å². The Kier molecular flexibility index (Phi) is 4.20. The van der Waals surface area contributed by atoms with Crippen molar-refractivity contribution in [3.8, 4) is 11.5 Å². The highest BCUT2D eigenvalue weighted by Crippen LogP contribution is 2.38. The van der Waals surface area contributed by atoms with Crippen molar-refractivity contribution >= 4 is 11.6 Å². The third kappa shape index (κ3) is 2.34. The van der Waals surface area contributed by atoms with E-state index in [9.17, 15) is 0 Å². The molecule has 0 aromatic heterocycles. The van der Waals surface area contributed by atoms with Crippen molar-refractivity contribution in [3.05, 3.63) is 22.7 Å². The van der Waals surface area contributed by atoms with E-state index >= 15 is 0 Å². The summed E-state index contributed by atoms with van der Waals surface area (Å²) in [5.74, 6) is 0.969. The maximum Gasteiger partial charge on any atom is 0.179 e. The Morgan fingerprint density at radius 1 is 1.40 bits per heavy atom. The first-order chi connectivity index (χ1) is 7.15. The van der Waals surface area contributed by atoms with Gasteiger partial charge in [0.05, 0.1) is 31.9 Å². The number of aliphatic hydroxyl groups excluding tert-OH is 1. The third-order valence-corrected chi connectivity index (χ3v) is 2.50. The van der Waals surface area contributed by atoms with Gasteiger partial charge in [0.1, 0.15) is 0 Å². The number of hydrogen-bond acceptors (Lipinski definition) is 4. The first-order valence-corrected chi connectivity index (χ1v) is 4.80.